The van der Waals surface area contributed by atoms with E-state index in [1.54, 1.807) is 0 Å². The second-order valence-corrected chi connectivity index (χ2v) is 8.79. The molecule has 1 atom stereocenters. The minimum absolute atomic E-state index is 0.0196. The van der Waals surface area contributed by atoms with Crippen molar-refractivity contribution in [1.29, 1.82) is 0 Å². The Hall–Kier alpha value is -2.12. The van der Waals surface area contributed by atoms with Gasteiger partial charge in [-0.15, -0.1) is 0 Å². The van der Waals surface area contributed by atoms with Gasteiger partial charge in [-0.1, -0.05) is 44.9 Å². The molecule has 2 fully saturated rings. The first-order valence-electron chi connectivity index (χ1n) is 12.2. The van der Waals surface area contributed by atoms with E-state index in [0.717, 1.165) is 39.1 Å². The van der Waals surface area contributed by atoms with E-state index in [0.29, 0.717) is 50.2 Å². The topological polar surface area (TPSA) is 71.1 Å². The standard InChI is InChI=1S/C25H39N3O4/c1-3-20(4-2)23(27-14-16-31-17-15-27)18-26-25(30)21-10-12-28(13-11-21)24(29)19-32-22-8-6-5-7-9-22/h5-9,20-21,23H,3-4,10-19H2,1-2H3,(H,26,30). The molecule has 32 heavy (non-hydrogen) atoms. The lowest BCUT2D eigenvalue weighted by Crippen LogP contribution is -2.53. The van der Waals surface area contributed by atoms with Crippen LogP contribution in [0.3, 0.4) is 0 Å². The Balaban J connectivity index is 1.43. The first kappa shape index (κ1) is 24.5. The zero-order valence-electron chi connectivity index (χ0n) is 19.6. The van der Waals surface area contributed by atoms with E-state index in [4.69, 9.17) is 9.47 Å². The first-order valence-corrected chi connectivity index (χ1v) is 12.2. The van der Waals surface area contributed by atoms with Gasteiger partial charge in [0.2, 0.25) is 5.91 Å². The summed E-state index contributed by atoms with van der Waals surface area (Å²) in [4.78, 5) is 29.6. The summed E-state index contributed by atoms with van der Waals surface area (Å²) in [6, 6.07) is 9.73. The second-order valence-electron chi connectivity index (χ2n) is 8.79. The first-order chi connectivity index (χ1) is 15.6. The molecular weight excluding hydrogens is 406 g/mol. The van der Waals surface area contributed by atoms with Crippen LogP contribution >= 0.6 is 0 Å². The van der Waals surface area contributed by atoms with E-state index < -0.39 is 0 Å². The van der Waals surface area contributed by atoms with Gasteiger partial charge in [-0.3, -0.25) is 14.5 Å². The van der Waals surface area contributed by atoms with Gasteiger partial charge in [-0.2, -0.15) is 0 Å². The van der Waals surface area contributed by atoms with Crippen LogP contribution < -0.4 is 10.1 Å². The average Bonchev–Trinajstić information content (AvgIpc) is 2.86. The van der Waals surface area contributed by atoms with Crippen LogP contribution in [0.25, 0.3) is 0 Å². The molecule has 0 radical (unpaired) electrons. The Bertz CT molecular complexity index is 696. The monoisotopic (exact) mass is 445 g/mol. The van der Waals surface area contributed by atoms with Crippen LogP contribution in [0.2, 0.25) is 0 Å². The number of rotatable bonds is 10. The van der Waals surface area contributed by atoms with E-state index in [9.17, 15) is 9.59 Å². The Morgan fingerprint density at radius 3 is 2.34 bits per heavy atom. The van der Waals surface area contributed by atoms with E-state index in [2.05, 4.69) is 24.1 Å². The summed E-state index contributed by atoms with van der Waals surface area (Å²) in [6.45, 7) is 9.81. The molecule has 3 rings (SSSR count). The molecule has 0 aromatic heterocycles. The van der Waals surface area contributed by atoms with Gasteiger partial charge in [-0.05, 0) is 30.9 Å². The van der Waals surface area contributed by atoms with Crippen molar-refractivity contribution in [2.24, 2.45) is 11.8 Å². The number of carbonyl (C=O) groups is 2. The molecule has 0 bridgehead atoms. The van der Waals surface area contributed by atoms with Crippen LogP contribution in [0.4, 0.5) is 0 Å². The van der Waals surface area contributed by atoms with Crippen LogP contribution in [0.5, 0.6) is 5.75 Å². The Morgan fingerprint density at radius 1 is 1.06 bits per heavy atom. The van der Waals surface area contributed by atoms with Crippen molar-refractivity contribution in [3.05, 3.63) is 30.3 Å². The number of piperidine rings is 1. The fourth-order valence-corrected chi connectivity index (χ4v) is 4.83. The Labute approximate surface area is 192 Å². The van der Waals surface area contributed by atoms with Gasteiger partial charge in [0.15, 0.2) is 6.61 Å². The van der Waals surface area contributed by atoms with Gasteiger partial charge in [0.05, 0.1) is 13.2 Å². The molecule has 7 nitrogen and oxygen atoms in total. The third kappa shape index (κ3) is 6.94. The maximum atomic E-state index is 12.9. The molecule has 1 aromatic carbocycles. The third-order valence-electron chi connectivity index (χ3n) is 6.92. The number of amides is 2. The highest BCUT2D eigenvalue weighted by Crippen LogP contribution is 2.21. The van der Waals surface area contributed by atoms with Crippen LogP contribution in [0.1, 0.15) is 39.5 Å². The third-order valence-corrected chi connectivity index (χ3v) is 6.92. The number of ether oxygens (including phenoxy) is 2. The van der Waals surface area contributed by atoms with E-state index in [-0.39, 0.29) is 24.3 Å². The molecular formula is C25H39N3O4. The Kier molecular flexibility index (Phi) is 9.81. The molecule has 7 heteroatoms. The summed E-state index contributed by atoms with van der Waals surface area (Å²) in [7, 11) is 0. The highest BCUT2D eigenvalue weighted by Gasteiger charge is 2.30. The predicted molar refractivity (Wildman–Crippen MR) is 125 cm³/mol. The summed E-state index contributed by atoms with van der Waals surface area (Å²) in [5.74, 6) is 1.34. The fraction of sp³-hybridized carbons (Fsp3) is 0.680. The number of hydrogen-bond donors (Lipinski definition) is 1. The van der Waals surface area contributed by atoms with Gasteiger partial charge < -0.3 is 19.7 Å². The number of hydrogen-bond acceptors (Lipinski definition) is 5. The molecule has 0 spiro atoms. The van der Waals surface area contributed by atoms with Crippen LogP contribution in [-0.4, -0.2) is 80.2 Å². The van der Waals surface area contributed by atoms with Crippen LogP contribution in [-0.2, 0) is 14.3 Å². The molecule has 2 saturated heterocycles. The van der Waals surface area contributed by atoms with Crippen molar-refractivity contribution in [3.8, 4) is 5.75 Å². The zero-order valence-corrected chi connectivity index (χ0v) is 19.6. The number of nitrogens with one attached hydrogen (secondary N) is 1. The second kappa shape index (κ2) is 12.8. The fourth-order valence-electron chi connectivity index (χ4n) is 4.83. The quantitative estimate of drug-likeness (QED) is 0.599. The smallest absolute Gasteiger partial charge is 0.260 e. The molecule has 2 heterocycles. The SMILES string of the molecule is CCC(CC)C(CNC(=O)C1CCN(C(=O)COc2ccccc2)CC1)N1CCOCC1. The number of benzene rings is 1. The summed E-state index contributed by atoms with van der Waals surface area (Å²) in [5, 5.41) is 3.24. The van der Waals surface area contributed by atoms with Gasteiger partial charge in [-0.25, -0.2) is 0 Å². The molecule has 2 aliphatic rings. The largest absolute Gasteiger partial charge is 0.484 e. The van der Waals surface area contributed by atoms with E-state index in [1.165, 1.54) is 0 Å². The van der Waals surface area contributed by atoms with Crippen LogP contribution in [0, 0.1) is 11.8 Å². The van der Waals surface area contributed by atoms with Gasteiger partial charge in [0.1, 0.15) is 5.75 Å². The lowest BCUT2D eigenvalue weighted by molar-refractivity contribution is -0.137. The minimum Gasteiger partial charge on any atom is -0.484 e. The van der Waals surface area contributed by atoms with Crippen molar-refractivity contribution in [2.75, 3.05) is 52.5 Å². The highest BCUT2D eigenvalue weighted by atomic mass is 16.5. The van der Waals surface area contributed by atoms with Crippen molar-refractivity contribution in [3.63, 3.8) is 0 Å². The molecule has 178 valence electrons. The summed E-state index contributed by atoms with van der Waals surface area (Å²) in [5.41, 5.74) is 0. The molecule has 2 amide bonds. The maximum absolute atomic E-state index is 12.9. The van der Waals surface area contributed by atoms with Crippen molar-refractivity contribution >= 4 is 11.8 Å². The average molecular weight is 446 g/mol. The van der Waals surface area contributed by atoms with E-state index >= 15 is 0 Å². The maximum Gasteiger partial charge on any atom is 0.260 e. The van der Waals surface area contributed by atoms with Crippen molar-refractivity contribution < 1.29 is 19.1 Å². The molecule has 2 aliphatic heterocycles. The van der Waals surface area contributed by atoms with Gasteiger partial charge >= 0.3 is 0 Å². The summed E-state index contributed by atoms with van der Waals surface area (Å²) >= 11 is 0. The van der Waals surface area contributed by atoms with Gasteiger partial charge in [0, 0.05) is 44.7 Å². The molecule has 1 aromatic rings. The highest BCUT2D eigenvalue weighted by molar-refractivity contribution is 5.80. The van der Waals surface area contributed by atoms with E-state index in [1.807, 2.05) is 35.2 Å². The van der Waals surface area contributed by atoms with Gasteiger partial charge in [0.25, 0.3) is 5.91 Å². The number of carbonyl (C=O) groups excluding carboxylic acids is 2. The van der Waals surface area contributed by atoms with Crippen molar-refractivity contribution in [2.45, 2.75) is 45.6 Å². The molecule has 1 unspecified atom stereocenters. The molecule has 1 N–H and O–H groups in total. The Morgan fingerprint density at radius 2 is 1.72 bits per heavy atom. The summed E-state index contributed by atoms with van der Waals surface area (Å²) < 4.78 is 11.1. The molecule has 0 aliphatic carbocycles. The predicted octanol–water partition coefficient (Wildman–Crippen LogP) is 2.56. The lowest BCUT2D eigenvalue weighted by Gasteiger charge is -2.39. The summed E-state index contributed by atoms with van der Waals surface area (Å²) in [6.07, 6.45) is 3.63. The number of likely N-dealkylation sites (tertiary alicyclic amines) is 1. The normalized spacial score (nSPS) is 19.0. The molecule has 0 saturated carbocycles. The van der Waals surface area contributed by atoms with Crippen molar-refractivity contribution in [1.82, 2.24) is 15.1 Å². The lowest BCUT2D eigenvalue weighted by atomic mass is 9.91. The minimum atomic E-state index is -0.0267. The number of morpholine rings is 1. The van der Waals surface area contributed by atoms with Crippen LogP contribution in [0.15, 0.2) is 30.3 Å². The number of nitrogens with zero attached hydrogens (tertiary/aromatic N) is 2. The number of para-hydroxylation sites is 1. The zero-order chi connectivity index (χ0) is 22.8.